The number of furan rings is 2. The maximum Gasteiger partial charge on any atom is 0.374 e. The zero-order chi connectivity index (χ0) is 70.2. The van der Waals surface area contributed by atoms with Crippen LogP contribution in [0.25, 0.3) is 66.6 Å². The van der Waals surface area contributed by atoms with Crippen molar-refractivity contribution in [3.8, 4) is 17.2 Å². The summed E-state index contributed by atoms with van der Waals surface area (Å²) in [6.07, 6.45) is 8.81. The summed E-state index contributed by atoms with van der Waals surface area (Å²) in [6.45, 7) is 0.886. The van der Waals surface area contributed by atoms with Gasteiger partial charge >= 0.3 is 11.9 Å². The highest BCUT2D eigenvalue weighted by molar-refractivity contribution is 7.86. The highest BCUT2D eigenvalue weighted by atomic mass is 32.2. The van der Waals surface area contributed by atoms with Crippen LogP contribution in [0.5, 0.6) is 17.2 Å². The molecule has 0 bridgehead atoms. The molecule has 1 fully saturated rings. The van der Waals surface area contributed by atoms with Crippen LogP contribution >= 0.6 is 0 Å². The van der Waals surface area contributed by atoms with E-state index in [0.29, 0.717) is 138 Å². The standard InChI is InChI=1S/C64H70N4O25S5/c69-60-22-23-61(70)68(60)93-64(71)11-2-1-3-26-65(27-8-34-96(78,79)80)45-16-12-43(13-17-45)44(14-24-62-66(28-9-35-97(81,82)83)52-41-56-50(39-58(52)91-62)48-37-46(18-20-54(48)89-56)87-30-4-6-32-94(72,73)74)15-25-63-67(29-10-36-98(84,85)86)53-42-57-51(40-59(53)92-63)49-38-47(19-21-55(49)90-57)88-31-5-7-33-95(75,76)77/h12-21,24-25,37-42H,1-11,22-23,26-36H2,(H4-,72,73,74,75,76,77,78,79,80,81,82,83,84,85,86)/p+1. The number of imide groups is 1. The minimum Gasteiger partial charge on any atom is -0.494 e. The number of hydrogen-bond acceptors (Lipinski definition) is 22. The maximum atomic E-state index is 12.5. The van der Waals surface area contributed by atoms with Crippen LogP contribution in [-0.2, 0) is 76.4 Å². The summed E-state index contributed by atoms with van der Waals surface area (Å²) in [5.74, 6) is -2.80. The normalized spacial score (nSPS) is 14.7. The Morgan fingerprint density at radius 2 is 1.09 bits per heavy atom. The largest absolute Gasteiger partial charge is 0.494 e. The van der Waals surface area contributed by atoms with Gasteiger partial charge in [0, 0.05) is 78.6 Å². The Balaban J connectivity index is 1.00. The number of benzene rings is 5. The van der Waals surface area contributed by atoms with Crippen LogP contribution in [0.15, 0.2) is 122 Å². The van der Waals surface area contributed by atoms with Gasteiger partial charge < -0.3 is 42.1 Å². The molecule has 0 radical (unpaired) electrons. The smallest absolute Gasteiger partial charge is 0.374 e. The van der Waals surface area contributed by atoms with Crippen LogP contribution in [0, 0.1) is 0 Å². The molecule has 526 valence electrons. The lowest BCUT2D eigenvalue weighted by atomic mass is 10.0. The molecule has 5 heterocycles. The van der Waals surface area contributed by atoms with Crippen molar-refractivity contribution in [3.63, 3.8) is 0 Å². The van der Waals surface area contributed by atoms with Crippen molar-refractivity contribution >= 4 is 146 Å². The monoisotopic (exact) mass is 1460 g/mol. The number of fused-ring (bicyclic) bond motifs is 8. The molecule has 29 nitrogen and oxygen atoms in total. The second-order valence-electron chi connectivity index (χ2n) is 23.4. The van der Waals surface area contributed by atoms with Gasteiger partial charge in [0.2, 0.25) is 11.5 Å². The third-order valence-electron chi connectivity index (χ3n) is 16.0. The molecule has 34 heteroatoms. The number of allylic oxidation sites excluding steroid dienone is 4. The zero-order valence-electron chi connectivity index (χ0n) is 52.6. The van der Waals surface area contributed by atoms with E-state index in [4.69, 9.17) is 41.4 Å². The van der Waals surface area contributed by atoms with Gasteiger partial charge in [-0.15, -0.1) is 5.06 Å². The number of anilines is 2. The Labute approximate surface area is 563 Å². The van der Waals surface area contributed by atoms with Crippen LogP contribution in [0.2, 0.25) is 0 Å². The fraction of sp³-hybridized carbons (Fsp3) is 0.375. The van der Waals surface area contributed by atoms with Gasteiger partial charge in [-0.2, -0.15) is 46.7 Å². The van der Waals surface area contributed by atoms with Crippen molar-refractivity contribution in [2.45, 2.75) is 90.0 Å². The van der Waals surface area contributed by atoms with Crippen LogP contribution in [-0.4, -0.2) is 149 Å². The fourth-order valence-electron chi connectivity index (χ4n) is 11.3. The number of oxazole rings is 1. The number of unbranched alkanes of at least 4 members (excludes halogenated alkanes) is 4. The fourth-order valence-corrected chi connectivity index (χ4v) is 14.0. The Bertz CT molecular complexity index is 5000. The first kappa shape index (κ1) is 72.3. The molecule has 2 amide bonds. The van der Waals surface area contributed by atoms with Crippen LogP contribution in [0.4, 0.5) is 11.4 Å². The molecule has 0 spiro atoms. The van der Waals surface area contributed by atoms with Gasteiger partial charge in [-0.25, -0.2) is 4.79 Å². The van der Waals surface area contributed by atoms with Crippen molar-refractivity contribution in [1.29, 1.82) is 0 Å². The van der Waals surface area contributed by atoms with Gasteiger partial charge in [0.1, 0.15) is 33.8 Å². The molecule has 2 aliphatic heterocycles. The molecule has 0 atom stereocenters. The third kappa shape index (κ3) is 19.9. The average Bonchev–Trinajstić information content (AvgIpc) is 1.60. The Kier molecular flexibility index (Phi) is 22.7. The van der Waals surface area contributed by atoms with Gasteiger partial charge in [0.25, 0.3) is 67.9 Å². The highest BCUT2D eigenvalue weighted by Crippen LogP contribution is 2.45. The second kappa shape index (κ2) is 30.8. The summed E-state index contributed by atoms with van der Waals surface area (Å²) in [5.41, 5.74) is 4.86. The van der Waals surface area contributed by atoms with Crippen molar-refractivity contribution < 1.29 is 116 Å². The van der Waals surface area contributed by atoms with E-state index in [0.717, 1.165) is 0 Å². The Morgan fingerprint density at radius 3 is 1.69 bits per heavy atom. The van der Waals surface area contributed by atoms with Crippen molar-refractivity contribution in [3.05, 3.63) is 120 Å². The van der Waals surface area contributed by atoms with Gasteiger partial charge in [-0.05, 0) is 141 Å². The van der Waals surface area contributed by atoms with Crippen molar-refractivity contribution in [2.75, 3.05) is 71.4 Å². The predicted octanol–water partition coefficient (Wildman–Crippen LogP) is 9.26. The molecule has 2 aliphatic rings. The number of ether oxygens (including phenoxy) is 3. The van der Waals surface area contributed by atoms with Crippen molar-refractivity contribution in [1.82, 2.24) is 5.06 Å². The SMILES string of the molecule is O=C(CCCCCN(CCCS(=O)(=O)O)c1ccc(C(=C\C=C2/Oc3cc4c(cc3N2CCCS(=O)(=O)O)oc2ccc(OCCCCS(=O)(=O)O)cc24)/C=C/c2oc3cc4c(cc3[n+]2CCCS(=O)(=O)O)oc2ccc(OCCCCS(=O)(=O)O)cc24)cc1)ON1C(=O)CCC1=O. The molecular formula is C64H71N4O25S5+. The number of nitrogens with zero attached hydrogens (tertiary/aromatic N) is 4. The summed E-state index contributed by atoms with van der Waals surface area (Å²) in [7, 11) is -21.4. The first-order valence-corrected chi connectivity index (χ1v) is 39.3. The third-order valence-corrected chi connectivity index (χ3v) is 20.0. The average molecular weight is 1460 g/mol. The number of carbonyl (C=O) groups is 3. The van der Waals surface area contributed by atoms with E-state index in [-0.39, 0.29) is 96.0 Å². The minimum absolute atomic E-state index is 0.0144. The number of carbonyl (C=O) groups excluding carboxylic acids is 3. The topological polar surface area (TPSA) is 413 Å². The first-order chi connectivity index (χ1) is 46.4. The van der Waals surface area contributed by atoms with Gasteiger partial charge in [-0.1, -0.05) is 18.6 Å². The number of hydrogen-bond donors (Lipinski definition) is 5. The van der Waals surface area contributed by atoms with Gasteiger partial charge in [-0.3, -0.25) is 32.4 Å². The molecule has 5 N–H and O–H groups in total. The van der Waals surface area contributed by atoms with Gasteiger partial charge in [0.05, 0.1) is 59.8 Å². The maximum absolute atomic E-state index is 12.5. The molecule has 3 aromatic heterocycles. The molecular weight excluding hydrogens is 1390 g/mol. The van der Waals surface area contributed by atoms with E-state index in [9.17, 15) is 70.1 Å². The Morgan fingerprint density at radius 1 is 0.551 bits per heavy atom. The van der Waals surface area contributed by atoms with Crippen LogP contribution in [0.1, 0.15) is 94.9 Å². The number of amides is 2. The lowest BCUT2D eigenvalue weighted by Gasteiger charge is -2.25. The van der Waals surface area contributed by atoms with Crippen molar-refractivity contribution in [2.24, 2.45) is 0 Å². The summed E-state index contributed by atoms with van der Waals surface area (Å²) in [4.78, 5) is 45.1. The number of aryl methyl sites for hydroxylation is 1. The molecule has 98 heavy (non-hydrogen) atoms. The van der Waals surface area contributed by atoms with E-state index in [1.165, 1.54) is 0 Å². The molecule has 5 aromatic carbocycles. The molecule has 0 aliphatic carbocycles. The lowest BCUT2D eigenvalue weighted by molar-refractivity contribution is -0.677. The lowest BCUT2D eigenvalue weighted by Crippen LogP contribution is -2.36. The molecule has 0 saturated carbocycles. The van der Waals surface area contributed by atoms with E-state index in [2.05, 4.69) is 0 Å². The van der Waals surface area contributed by atoms with Crippen LogP contribution < -0.4 is 28.6 Å². The van der Waals surface area contributed by atoms with E-state index >= 15 is 0 Å². The summed E-state index contributed by atoms with van der Waals surface area (Å²) < 4.78 is 204. The predicted molar refractivity (Wildman–Crippen MR) is 360 cm³/mol. The molecule has 10 rings (SSSR count). The molecule has 1 saturated heterocycles. The van der Waals surface area contributed by atoms with Gasteiger partial charge in [0.15, 0.2) is 12.3 Å². The number of rotatable bonds is 36. The minimum atomic E-state index is -4.41. The quantitative estimate of drug-likeness (QED) is 0.00802. The Hall–Kier alpha value is -8.45. The second-order valence-corrected chi connectivity index (χ2v) is 31.3. The van der Waals surface area contributed by atoms with Crippen LogP contribution in [0.3, 0.4) is 0 Å². The molecule has 8 aromatic rings. The molecule has 0 unspecified atom stereocenters. The first-order valence-electron chi connectivity index (χ1n) is 31.2. The number of aromatic nitrogens is 1. The van der Waals surface area contributed by atoms with E-state index in [1.807, 2.05) is 4.90 Å². The summed E-state index contributed by atoms with van der Waals surface area (Å²) in [5, 5.41) is 3.02. The number of hydroxylamine groups is 2. The summed E-state index contributed by atoms with van der Waals surface area (Å²) in [6, 6.07) is 24.4. The summed E-state index contributed by atoms with van der Waals surface area (Å²) >= 11 is 0. The zero-order valence-corrected chi connectivity index (χ0v) is 56.7. The van der Waals surface area contributed by atoms with E-state index < -0.39 is 97.1 Å². The highest BCUT2D eigenvalue weighted by Gasteiger charge is 2.33. The van der Waals surface area contributed by atoms with E-state index in [1.54, 1.807) is 119 Å².